The Labute approximate surface area is 109 Å². The molecule has 1 aromatic carbocycles. The van der Waals surface area contributed by atoms with Crippen molar-refractivity contribution in [2.45, 2.75) is 20.3 Å². The van der Waals surface area contributed by atoms with Crippen LogP contribution in [0.25, 0.3) is 0 Å². The van der Waals surface area contributed by atoms with Gasteiger partial charge in [0.25, 0.3) is 0 Å². The van der Waals surface area contributed by atoms with Crippen LogP contribution in [0.15, 0.2) is 6.07 Å². The van der Waals surface area contributed by atoms with Crippen LogP contribution in [-0.4, -0.2) is 25.3 Å². The van der Waals surface area contributed by atoms with Crippen molar-refractivity contribution in [3.63, 3.8) is 0 Å². The van der Waals surface area contributed by atoms with Crippen molar-refractivity contribution in [1.29, 1.82) is 0 Å². The summed E-state index contributed by atoms with van der Waals surface area (Å²) < 4.78 is 37.2. The molecular formula is C13H16F2O4. The molecule has 0 radical (unpaired) electrons. The monoisotopic (exact) mass is 274 g/mol. The Hall–Kier alpha value is -1.85. The van der Waals surface area contributed by atoms with E-state index in [1.54, 1.807) is 0 Å². The average Bonchev–Trinajstić information content (AvgIpc) is 2.33. The highest BCUT2D eigenvalue weighted by molar-refractivity contribution is 5.74. The Morgan fingerprint density at radius 2 is 1.84 bits per heavy atom. The Kier molecular flexibility index (Phi) is 4.34. The number of carbonyl (C=O) groups is 1. The van der Waals surface area contributed by atoms with Gasteiger partial charge in [-0.3, -0.25) is 4.79 Å². The maximum Gasteiger partial charge on any atom is 0.309 e. The highest BCUT2D eigenvalue weighted by Crippen LogP contribution is 2.35. The van der Waals surface area contributed by atoms with E-state index in [0.717, 1.165) is 13.2 Å². The minimum Gasteiger partial charge on any atom is -0.494 e. The van der Waals surface area contributed by atoms with Crippen molar-refractivity contribution in [1.82, 2.24) is 0 Å². The number of carboxylic acid groups (broad SMARTS) is 1. The van der Waals surface area contributed by atoms with Gasteiger partial charge in [-0.1, -0.05) is 0 Å². The number of benzene rings is 1. The third kappa shape index (κ3) is 2.94. The first-order valence-electron chi connectivity index (χ1n) is 5.56. The maximum atomic E-state index is 14.0. The third-order valence-corrected chi connectivity index (χ3v) is 2.84. The molecule has 0 spiro atoms. The van der Waals surface area contributed by atoms with Gasteiger partial charge in [0, 0.05) is 0 Å². The standard InChI is InChI=1S/C13H16F2O4/c1-13(2,12(16)17)6-7-5-8(18-3)10(15)11(19-4)9(7)14/h5H,6H2,1-4H3,(H,16,17). The highest BCUT2D eigenvalue weighted by atomic mass is 19.1. The summed E-state index contributed by atoms with van der Waals surface area (Å²) >= 11 is 0. The van der Waals surface area contributed by atoms with Gasteiger partial charge >= 0.3 is 5.97 Å². The van der Waals surface area contributed by atoms with Gasteiger partial charge in [-0.25, -0.2) is 4.39 Å². The smallest absolute Gasteiger partial charge is 0.309 e. The Morgan fingerprint density at radius 1 is 1.26 bits per heavy atom. The Balaban J connectivity index is 3.33. The van der Waals surface area contributed by atoms with Gasteiger partial charge in [0.05, 0.1) is 19.6 Å². The minimum absolute atomic E-state index is 0.0301. The second-order valence-electron chi connectivity index (χ2n) is 4.76. The Bertz CT molecular complexity index is 498. The molecule has 1 rings (SSSR count). The molecule has 0 amide bonds. The van der Waals surface area contributed by atoms with Crippen LogP contribution in [0.1, 0.15) is 19.4 Å². The first-order chi connectivity index (χ1) is 8.74. The van der Waals surface area contributed by atoms with Crippen molar-refractivity contribution in [3.8, 4) is 11.5 Å². The van der Waals surface area contributed by atoms with Crippen molar-refractivity contribution in [3.05, 3.63) is 23.3 Å². The van der Waals surface area contributed by atoms with Crippen LogP contribution in [0.2, 0.25) is 0 Å². The normalized spacial score (nSPS) is 11.3. The first-order valence-corrected chi connectivity index (χ1v) is 5.56. The molecule has 4 nitrogen and oxygen atoms in total. The van der Waals surface area contributed by atoms with E-state index in [4.69, 9.17) is 9.84 Å². The van der Waals surface area contributed by atoms with Crippen molar-refractivity contribution >= 4 is 5.97 Å². The topological polar surface area (TPSA) is 55.8 Å². The molecule has 1 aromatic rings. The number of aliphatic carboxylic acids is 1. The lowest BCUT2D eigenvalue weighted by Crippen LogP contribution is -2.26. The van der Waals surface area contributed by atoms with E-state index in [2.05, 4.69) is 4.74 Å². The van der Waals surface area contributed by atoms with E-state index < -0.39 is 28.8 Å². The number of rotatable bonds is 5. The summed E-state index contributed by atoms with van der Waals surface area (Å²) in [5.74, 6) is -3.69. The van der Waals surface area contributed by atoms with Gasteiger partial charge in [-0.2, -0.15) is 4.39 Å². The zero-order valence-corrected chi connectivity index (χ0v) is 11.2. The van der Waals surface area contributed by atoms with Crippen LogP contribution >= 0.6 is 0 Å². The molecule has 6 heteroatoms. The minimum atomic E-state index is -1.19. The van der Waals surface area contributed by atoms with Crippen LogP contribution in [0.4, 0.5) is 8.78 Å². The maximum absolute atomic E-state index is 14.0. The molecule has 0 unspecified atom stereocenters. The average molecular weight is 274 g/mol. The fourth-order valence-corrected chi connectivity index (χ4v) is 1.65. The third-order valence-electron chi connectivity index (χ3n) is 2.84. The second-order valence-corrected chi connectivity index (χ2v) is 4.76. The number of methoxy groups -OCH3 is 2. The molecule has 0 fully saturated rings. The highest BCUT2D eigenvalue weighted by Gasteiger charge is 2.31. The number of hydrogen-bond donors (Lipinski definition) is 1. The lowest BCUT2D eigenvalue weighted by atomic mass is 9.85. The lowest BCUT2D eigenvalue weighted by Gasteiger charge is -2.20. The van der Waals surface area contributed by atoms with Crippen molar-refractivity contribution in [2.24, 2.45) is 5.41 Å². The zero-order valence-electron chi connectivity index (χ0n) is 11.2. The molecule has 0 aromatic heterocycles. The first kappa shape index (κ1) is 15.2. The van der Waals surface area contributed by atoms with E-state index in [1.807, 2.05) is 0 Å². The summed E-state index contributed by atoms with van der Waals surface area (Å²) in [6.07, 6.45) is -0.110. The van der Waals surface area contributed by atoms with Gasteiger partial charge < -0.3 is 14.6 Å². The quantitative estimate of drug-likeness (QED) is 0.896. The molecular weight excluding hydrogens is 258 g/mol. The van der Waals surface area contributed by atoms with Gasteiger partial charge in [0.1, 0.15) is 0 Å². The number of ether oxygens (including phenoxy) is 2. The molecule has 106 valence electrons. The molecule has 0 saturated heterocycles. The lowest BCUT2D eigenvalue weighted by molar-refractivity contribution is -0.146. The van der Waals surface area contributed by atoms with Gasteiger partial charge in [0.15, 0.2) is 17.3 Å². The van der Waals surface area contributed by atoms with Gasteiger partial charge in [0.2, 0.25) is 5.82 Å². The molecule has 0 heterocycles. The molecule has 0 bridgehead atoms. The van der Waals surface area contributed by atoms with E-state index >= 15 is 0 Å². The molecule has 0 atom stereocenters. The summed E-state index contributed by atoms with van der Waals surface area (Å²) in [6.45, 7) is 2.91. The van der Waals surface area contributed by atoms with Crippen molar-refractivity contribution in [2.75, 3.05) is 14.2 Å². The van der Waals surface area contributed by atoms with Gasteiger partial charge in [-0.15, -0.1) is 0 Å². The fraction of sp³-hybridized carbons (Fsp3) is 0.462. The summed E-state index contributed by atoms with van der Waals surface area (Å²) in [5.41, 5.74) is -1.16. The predicted molar refractivity (Wildman–Crippen MR) is 64.6 cm³/mol. The SMILES string of the molecule is COc1cc(CC(C)(C)C(=O)O)c(F)c(OC)c1F. The number of carboxylic acids is 1. The summed E-state index contributed by atoms with van der Waals surface area (Å²) in [4.78, 5) is 11.1. The van der Waals surface area contributed by atoms with Crippen LogP contribution in [0, 0.1) is 17.0 Å². The van der Waals surface area contributed by atoms with E-state index in [1.165, 1.54) is 21.0 Å². The van der Waals surface area contributed by atoms with E-state index in [9.17, 15) is 13.6 Å². The molecule has 1 N–H and O–H groups in total. The Morgan fingerprint density at radius 3 is 2.26 bits per heavy atom. The van der Waals surface area contributed by atoms with Gasteiger partial charge in [-0.05, 0) is 31.9 Å². The molecule has 19 heavy (non-hydrogen) atoms. The molecule has 0 aliphatic heterocycles. The van der Waals surface area contributed by atoms with Crippen LogP contribution in [0.5, 0.6) is 11.5 Å². The van der Waals surface area contributed by atoms with E-state index in [0.29, 0.717) is 0 Å². The van der Waals surface area contributed by atoms with Crippen LogP contribution in [0.3, 0.4) is 0 Å². The predicted octanol–water partition coefficient (Wildman–Crippen LogP) is 2.64. The number of halogens is 2. The zero-order chi connectivity index (χ0) is 14.8. The van der Waals surface area contributed by atoms with Crippen LogP contribution < -0.4 is 9.47 Å². The molecule has 0 saturated carbocycles. The molecule has 0 aliphatic rings. The summed E-state index contributed by atoms with van der Waals surface area (Å²) in [7, 11) is 2.37. The van der Waals surface area contributed by atoms with E-state index in [-0.39, 0.29) is 17.7 Å². The van der Waals surface area contributed by atoms with Crippen molar-refractivity contribution < 1.29 is 28.2 Å². The summed E-state index contributed by atoms with van der Waals surface area (Å²) in [6, 6.07) is 1.15. The summed E-state index contributed by atoms with van der Waals surface area (Å²) in [5, 5.41) is 9.04. The van der Waals surface area contributed by atoms with Crippen LogP contribution in [-0.2, 0) is 11.2 Å². The second kappa shape index (κ2) is 5.42. The number of hydrogen-bond acceptors (Lipinski definition) is 3. The largest absolute Gasteiger partial charge is 0.494 e. The fourth-order valence-electron chi connectivity index (χ4n) is 1.65. The molecule has 0 aliphatic carbocycles.